The highest BCUT2D eigenvalue weighted by molar-refractivity contribution is 6.31. The Kier molecular flexibility index (Phi) is 6.78. The minimum atomic E-state index is 0.0490. The van der Waals surface area contributed by atoms with Gasteiger partial charge in [0.2, 0.25) is 5.91 Å². The van der Waals surface area contributed by atoms with Crippen molar-refractivity contribution in [3.05, 3.63) is 34.9 Å². The zero-order valence-corrected chi connectivity index (χ0v) is 16.0. The number of halogens is 1. The zero-order valence-electron chi connectivity index (χ0n) is 15.3. The van der Waals surface area contributed by atoms with Crippen molar-refractivity contribution in [3.63, 3.8) is 0 Å². The Labute approximate surface area is 160 Å². The summed E-state index contributed by atoms with van der Waals surface area (Å²) >= 11 is 6.11. The molecule has 0 spiro atoms. The van der Waals surface area contributed by atoms with Crippen molar-refractivity contribution in [2.75, 3.05) is 26.2 Å². The molecule has 3 amide bonds. The van der Waals surface area contributed by atoms with E-state index in [1.807, 2.05) is 34.1 Å². The zero-order chi connectivity index (χ0) is 18.4. The number of urea groups is 1. The van der Waals surface area contributed by atoms with E-state index in [4.69, 9.17) is 11.6 Å². The van der Waals surface area contributed by atoms with Crippen molar-refractivity contribution >= 4 is 23.5 Å². The maximum absolute atomic E-state index is 12.5. The topological polar surface area (TPSA) is 52.7 Å². The van der Waals surface area contributed by atoms with Gasteiger partial charge in [-0.1, -0.05) is 29.8 Å². The largest absolute Gasteiger partial charge is 0.352 e. The van der Waals surface area contributed by atoms with Crippen LogP contribution >= 0.6 is 11.6 Å². The summed E-state index contributed by atoms with van der Waals surface area (Å²) in [7, 11) is 0. The third-order valence-corrected chi connectivity index (χ3v) is 5.75. The maximum Gasteiger partial charge on any atom is 0.320 e. The van der Waals surface area contributed by atoms with Crippen LogP contribution in [0.5, 0.6) is 0 Å². The van der Waals surface area contributed by atoms with Gasteiger partial charge in [-0.05, 0) is 49.7 Å². The molecule has 0 radical (unpaired) electrons. The Hall–Kier alpha value is -1.75. The Morgan fingerprint density at radius 1 is 1.08 bits per heavy atom. The van der Waals surface area contributed by atoms with Crippen molar-refractivity contribution in [1.29, 1.82) is 0 Å². The van der Waals surface area contributed by atoms with Crippen LogP contribution in [-0.4, -0.2) is 47.9 Å². The van der Waals surface area contributed by atoms with Crippen molar-refractivity contribution in [3.8, 4) is 0 Å². The summed E-state index contributed by atoms with van der Waals surface area (Å²) in [5, 5.41) is 3.62. The van der Waals surface area contributed by atoms with E-state index in [9.17, 15) is 9.59 Å². The van der Waals surface area contributed by atoms with E-state index in [0.29, 0.717) is 23.9 Å². The van der Waals surface area contributed by atoms with Crippen LogP contribution in [0, 0.1) is 5.92 Å². The number of carbonyl (C=O) groups is 2. The Bertz CT molecular complexity index is 631. The number of likely N-dealkylation sites (tertiary alicyclic amines) is 2. The van der Waals surface area contributed by atoms with Gasteiger partial charge >= 0.3 is 6.03 Å². The highest BCUT2D eigenvalue weighted by Gasteiger charge is 2.28. The van der Waals surface area contributed by atoms with Gasteiger partial charge < -0.3 is 15.1 Å². The number of nitrogens with one attached hydrogen (secondary N) is 1. The first-order chi connectivity index (χ1) is 12.6. The molecule has 142 valence electrons. The minimum Gasteiger partial charge on any atom is -0.352 e. The monoisotopic (exact) mass is 377 g/mol. The molecule has 1 N–H and O–H groups in total. The van der Waals surface area contributed by atoms with Gasteiger partial charge in [0.05, 0.1) is 0 Å². The van der Waals surface area contributed by atoms with Crippen molar-refractivity contribution in [1.82, 2.24) is 15.1 Å². The summed E-state index contributed by atoms with van der Waals surface area (Å²) < 4.78 is 0. The Morgan fingerprint density at radius 2 is 1.81 bits per heavy atom. The second kappa shape index (κ2) is 9.26. The van der Waals surface area contributed by atoms with Gasteiger partial charge in [-0.15, -0.1) is 0 Å². The average molecular weight is 378 g/mol. The molecule has 2 fully saturated rings. The molecule has 2 aliphatic heterocycles. The normalized spacial score (nSPS) is 20.3. The van der Waals surface area contributed by atoms with Gasteiger partial charge in [0.25, 0.3) is 0 Å². The Balaban J connectivity index is 1.40. The third kappa shape index (κ3) is 5.13. The lowest BCUT2D eigenvalue weighted by Gasteiger charge is -2.35. The molecule has 0 unspecified atom stereocenters. The highest BCUT2D eigenvalue weighted by Crippen LogP contribution is 2.23. The smallest absolute Gasteiger partial charge is 0.320 e. The van der Waals surface area contributed by atoms with Gasteiger partial charge in [-0.3, -0.25) is 4.79 Å². The lowest BCUT2D eigenvalue weighted by atomic mass is 9.93. The molecule has 0 aliphatic carbocycles. The minimum absolute atomic E-state index is 0.0490. The summed E-state index contributed by atoms with van der Waals surface area (Å²) in [5.41, 5.74) is 0.933. The van der Waals surface area contributed by atoms with E-state index in [2.05, 4.69) is 5.32 Å². The summed E-state index contributed by atoms with van der Waals surface area (Å²) in [6, 6.07) is 7.74. The molecule has 1 atom stereocenters. The Morgan fingerprint density at radius 3 is 2.58 bits per heavy atom. The summed E-state index contributed by atoms with van der Waals surface area (Å²) in [5.74, 6) is 0.467. The molecule has 1 aromatic rings. The van der Waals surface area contributed by atoms with Gasteiger partial charge in [0, 0.05) is 44.2 Å². The molecule has 0 saturated carbocycles. The van der Waals surface area contributed by atoms with Gasteiger partial charge in [0.15, 0.2) is 0 Å². The van der Waals surface area contributed by atoms with E-state index >= 15 is 0 Å². The summed E-state index contributed by atoms with van der Waals surface area (Å²) in [6.07, 6.45) is 5.70. The first-order valence-electron chi connectivity index (χ1n) is 9.67. The van der Waals surface area contributed by atoms with Crippen LogP contribution in [0.3, 0.4) is 0 Å². The summed E-state index contributed by atoms with van der Waals surface area (Å²) in [6.45, 7) is 3.88. The van der Waals surface area contributed by atoms with Crippen molar-refractivity contribution < 1.29 is 9.59 Å². The van der Waals surface area contributed by atoms with Crippen LogP contribution in [0.4, 0.5) is 4.79 Å². The predicted molar refractivity (Wildman–Crippen MR) is 103 cm³/mol. The second-order valence-electron chi connectivity index (χ2n) is 7.34. The average Bonchev–Trinajstić information content (AvgIpc) is 3.20. The van der Waals surface area contributed by atoms with E-state index in [1.54, 1.807) is 0 Å². The molecule has 2 heterocycles. The summed E-state index contributed by atoms with van der Waals surface area (Å²) in [4.78, 5) is 28.6. The molecule has 2 aliphatic rings. The lowest BCUT2D eigenvalue weighted by molar-refractivity contribution is -0.121. The highest BCUT2D eigenvalue weighted by atomic mass is 35.5. The van der Waals surface area contributed by atoms with Crippen LogP contribution in [0.15, 0.2) is 24.3 Å². The van der Waals surface area contributed by atoms with Crippen LogP contribution in [0.2, 0.25) is 5.02 Å². The van der Waals surface area contributed by atoms with E-state index in [-0.39, 0.29) is 11.9 Å². The fourth-order valence-electron chi connectivity index (χ4n) is 3.84. The molecular formula is C20H28ClN3O2. The predicted octanol–water partition coefficient (Wildman–Crippen LogP) is 3.66. The molecule has 5 nitrogen and oxygen atoms in total. The van der Waals surface area contributed by atoms with E-state index in [0.717, 1.165) is 63.8 Å². The fourth-order valence-corrected chi connectivity index (χ4v) is 4.04. The number of nitrogens with zero attached hydrogens (tertiary/aromatic N) is 2. The maximum atomic E-state index is 12.5. The van der Waals surface area contributed by atoms with Gasteiger partial charge in [0.1, 0.15) is 0 Å². The first-order valence-corrected chi connectivity index (χ1v) is 10.1. The molecule has 3 rings (SSSR count). The molecule has 1 aromatic carbocycles. The number of hydrogen-bond acceptors (Lipinski definition) is 2. The molecule has 26 heavy (non-hydrogen) atoms. The van der Waals surface area contributed by atoms with Gasteiger partial charge in [-0.25, -0.2) is 4.79 Å². The van der Waals surface area contributed by atoms with Crippen LogP contribution in [0.1, 0.15) is 44.1 Å². The van der Waals surface area contributed by atoms with Crippen molar-refractivity contribution in [2.45, 2.75) is 45.1 Å². The second-order valence-corrected chi connectivity index (χ2v) is 7.75. The molecule has 6 heteroatoms. The molecule has 2 saturated heterocycles. The molecule has 0 bridgehead atoms. The number of benzene rings is 1. The molecule has 0 aromatic heterocycles. The van der Waals surface area contributed by atoms with E-state index in [1.165, 1.54) is 0 Å². The number of carbonyl (C=O) groups excluding carboxylic acids is 2. The molecular weight excluding hydrogens is 350 g/mol. The van der Waals surface area contributed by atoms with E-state index < -0.39 is 0 Å². The first kappa shape index (κ1) is 19.0. The van der Waals surface area contributed by atoms with Crippen molar-refractivity contribution in [2.24, 2.45) is 5.92 Å². The SMILES string of the molecule is O=C(CC[C@H]1CCCN(C(=O)N2CCCC2)C1)NCc1ccccc1Cl. The quantitative estimate of drug-likeness (QED) is 0.851. The number of hydrogen-bond donors (Lipinski definition) is 1. The number of rotatable bonds is 5. The van der Waals surface area contributed by atoms with Crippen LogP contribution in [0.25, 0.3) is 0 Å². The number of amides is 3. The third-order valence-electron chi connectivity index (χ3n) is 5.38. The fraction of sp³-hybridized carbons (Fsp3) is 0.600. The van der Waals surface area contributed by atoms with Crippen LogP contribution < -0.4 is 5.32 Å². The van der Waals surface area contributed by atoms with Gasteiger partial charge in [-0.2, -0.15) is 0 Å². The standard InChI is InChI=1S/C20H28ClN3O2/c21-18-8-2-1-7-17(18)14-22-19(25)10-9-16-6-5-13-24(15-16)20(26)23-11-3-4-12-23/h1-2,7-8,16H,3-6,9-15H2,(H,22,25)/t16-/m1/s1. The van der Waals surface area contributed by atoms with Crippen LogP contribution in [-0.2, 0) is 11.3 Å². The lowest BCUT2D eigenvalue weighted by Crippen LogP contribution is -2.46. The number of piperidine rings is 1.